The molecule has 3 aromatic carbocycles. The van der Waals surface area contributed by atoms with Gasteiger partial charge in [0.05, 0.1) is 5.41 Å². The average Bonchev–Trinajstić information content (AvgIpc) is 2.80. The van der Waals surface area contributed by atoms with Crippen molar-refractivity contribution < 1.29 is 23.0 Å². The predicted octanol–water partition coefficient (Wildman–Crippen LogP) is 5.12. The normalized spacial score (nSPS) is 15.3. The van der Waals surface area contributed by atoms with Crippen molar-refractivity contribution in [1.82, 2.24) is 5.32 Å². The summed E-state index contributed by atoms with van der Waals surface area (Å²) >= 11 is 0. The number of carbonyl (C=O) groups excluding carboxylic acids is 1. The monoisotopic (exact) mass is 423 g/mol. The average molecular weight is 423 g/mol. The number of carbonyl (C=O) groups is 1. The van der Waals surface area contributed by atoms with E-state index in [1.165, 1.54) is 24.3 Å². The lowest BCUT2D eigenvalue weighted by atomic mass is 9.73. The van der Waals surface area contributed by atoms with Crippen molar-refractivity contribution >= 4 is 5.91 Å². The molecule has 1 aliphatic rings. The minimum atomic E-state index is -0.800. The van der Waals surface area contributed by atoms with Gasteiger partial charge in [-0.15, -0.1) is 0 Å². The quantitative estimate of drug-likeness (QED) is 0.599. The Balaban J connectivity index is 1.42. The van der Waals surface area contributed by atoms with Crippen molar-refractivity contribution in [2.24, 2.45) is 0 Å². The van der Waals surface area contributed by atoms with Gasteiger partial charge in [-0.05, 0) is 72.5 Å². The molecule has 1 heterocycles. The molecule has 0 unspecified atom stereocenters. The van der Waals surface area contributed by atoms with Crippen molar-refractivity contribution in [3.63, 3.8) is 0 Å². The molecule has 1 aliphatic heterocycles. The van der Waals surface area contributed by atoms with E-state index >= 15 is 0 Å². The Morgan fingerprint density at radius 1 is 0.903 bits per heavy atom. The Labute approximate surface area is 179 Å². The van der Waals surface area contributed by atoms with Crippen LogP contribution in [0, 0.1) is 11.6 Å². The molecule has 1 fully saturated rings. The van der Waals surface area contributed by atoms with Gasteiger partial charge in [0.2, 0.25) is 5.91 Å². The second-order valence-corrected chi connectivity index (χ2v) is 7.59. The third-order valence-electron chi connectivity index (χ3n) is 5.58. The third-order valence-corrected chi connectivity index (χ3v) is 5.58. The summed E-state index contributed by atoms with van der Waals surface area (Å²) < 4.78 is 38.0. The summed E-state index contributed by atoms with van der Waals surface area (Å²) in [4.78, 5) is 13.2. The third kappa shape index (κ3) is 4.91. The molecule has 1 saturated heterocycles. The number of amides is 1. The van der Waals surface area contributed by atoms with Crippen LogP contribution in [0.25, 0.3) is 0 Å². The molecule has 0 spiro atoms. The second kappa shape index (κ2) is 9.27. The first kappa shape index (κ1) is 21.0. The maximum Gasteiger partial charge on any atom is 0.231 e. The molecular formula is C25H23F2NO3. The van der Waals surface area contributed by atoms with E-state index in [1.54, 1.807) is 36.4 Å². The van der Waals surface area contributed by atoms with Crippen molar-refractivity contribution in [2.45, 2.75) is 24.8 Å². The smallest absolute Gasteiger partial charge is 0.231 e. The zero-order chi connectivity index (χ0) is 21.7. The van der Waals surface area contributed by atoms with Gasteiger partial charge in [0.15, 0.2) is 0 Å². The molecule has 160 valence electrons. The highest BCUT2D eigenvalue weighted by Gasteiger charge is 2.41. The number of nitrogens with one attached hydrogen (secondary N) is 1. The standard InChI is InChI=1S/C25H23F2NO3/c26-20-6-10-23(11-7-20)31-22-8-4-18(5-9-22)17-28-24(29)25(12-14-30-15-13-25)19-2-1-3-21(27)16-19/h1-11,16H,12-15,17H2,(H,28,29). The molecular weight excluding hydrogens is 400 g/mol. The number of hydrogen-bond acceptors (Lipinski definition) is 3. The van der Waals surface area contributed by atoms with Crippen LogP contribution in [0.1, 0.15) is 24.0 Å². The largest absolute Gasteiger partial charge is 0.457 e. The first-order chi connectivity index (χ1) is 15.0. The molecule has 1 N–H and O–H groups in total. The number of benzene rings is 3. The molecule has 0 atom stereocenters. The van der Waals surface area contributed by atoms with E-state index in [0.29, 0.717) is 49.7 Å². The van der Waals surface area contributed by atoms with Crippen molar-refractivity contribution in [3.05, 3.63) is 95.6 Å². The number of hydrogen-bond donors (Lipinski definition) is 1. The minimum absolute atomic E-state index is 0.131. The molecule has 0 radical (unpaired) electrons. The van der Waals surface area contributed by atoms with Crippen molar-refractivity contribution in [1.29, 1.82) is 0 Å². The Hall–Kier alpha value is -3.25. The highest BCUT2D eigenvalue weighted by Crippen LogP contribution is 2.35. The van der Waals surface area contributed by atoms with Gasteiger partial charge >= 0.3 is 0 Å². The maximum atomic E-state index is 13.8. The van der Waals surface area contributed by atoms with E-state index in [1.807, 2.05) is 12.1 Å². The SMILES string of the molecule is O=C(NCc1ccc(Oc2ccc(F)cc2)cc1)C1(c2cccc(F)c2)CCOCC1. The molecule has 4 nitrogen and oxygen atoms in total. The van der Waals surface area contributed by atoms with Gasteiger partial charge in [0.1, 0.15) is 23.1 Å². The topological polar surface area (TPSA) is 47.6 Å². The van der Waals surface area contributed by atoms with E-state index in [-0.39, 0.29) is 17.5 Å². The molecule has 0 aromatic heterocycles. The Bertz CT molecular complexity index is 1030. The summed E-state index contributed by atoms with van der Waals surface area (Å²) in [5.41, 5.74) is 0.781. The van der Waals surface area contributed by atoms with E-state index < -0.39 is 5.41 Å². The molecule has 0 aliphatic carbocycles. The Morgan fingerprint density at radius 2 is 1.55 bits per heavy atom. The fourth-order valence-corrected chi connectivity index (χ4v) is 3.82. The summed E-state index contributed by atoms with van der Waals surface area (Å²) in [6.45, 7) is 1.26. The van der Waals surface area contributed by atoms with Gasteiger partial charge in [0, 0.05) is 19.8 Å². The van der Waals surface area contributed by atoms with Crippen LogP contribution in [0.3, 0.4) is 0 Å². The van der Waals surface area contributed by atoms with Gasteiger partial charge in [-0.25, -0.2) is 8.78 Å². The van der Waals surface area contributed by atoms with Crippen LogP contribution in [0.2, 0.25) is 0 Å². The zero-order valence-electron chi connectivity index (χ0n) is 16.9. The second-order valence-electron chi connectivity index (χ2n) is 7.59. The van der Waals surface area contributed by atoms with Crippen LogP contribution < -0.4 is 10.1 Å². The highest BCUT2D eigenvalue weighted by atomic mass is 19.1. The number of rotatable bonds is 6. The maximum absolute atomic E-state index is 13.8. The predicted molar refractivity (Wildman–Crippen MR) is 113 cm³/mol. The summed E-state index contributed by atoms with van der Waals surface area (Å²) in [7, 11) is 0. The van der Waals surface area contributed by atoms with Crippen LogP contribution in [-0.4, -0.2) is 19.1 Å². The van der Waals surface area contributed by atoms with Crippen molar-refractivity contribution in [3.8, 4) is 11.5 Å². The van der Waals surface area contributed by atoms with Crippen LogP contribution in [-0.2, 0) is 21.5 Å². The fourth-order valence-electron chi connectivity index (χ4n) is 3.82. The van der Waals surface area contributed by atoms with Gasteiger partial charge in [-0.2, -0.15) is 0 Å². The van der Waals surface area contributed by atoms with E-state index in [9.17, 15) is 13.6 Å². The van der Waals surface area contributed by atoms with Gasteiger partial charge in [-0.3, -0.25) is 4.79 Å². The summed E-state index contributed by atoms with van der Waals surface area (Å²) in [5.74, 6) is 0.348. The van der Waals surface area contributed by atoms with Crippen molar-refractivity contribution in [2.75, 3.05) is 13.2 Å². The molecule has 1 amide bonds. The van der Waals surface area contributed by atoms with Gasteiger partial charge < -0.3 is 14.8 Å². The molecule has 4 rings (SSSR count). The molecule has 3 aromatic rings. The van der Waals surface area contributed by atoms with Crippen LogP contribution in [0.15, 0.2) is 72.8 Å². The first-order valence-corrected chi connectivity index (χ1v) is 10.2. The zero-order valence-corrected chi connectivity index (χ0v) is 16.9. The Kier molecular flexibility index (Phi) is 6.28. The molecule has 0 bridgehead atoms. The Morgan fingerprint density at radius 3 is 2.19 bits per heavy atom. The summed E-state index contributed by atoms with van der Waals surface area (Å²) in [6, 6.07) is 19.3. The summed E-state index contributed by atoms with van der Waals surface area (Å²) in [5, 5.41) is 3.00. The lowest BCUT2D eigenvalue weighted by Crippen LogP contribution is -2.47. The van der Waals surface area contributed by atoms with E-state index in [0.717, 1.165) is 5.56 Å². The molecule has 31 heavy (non-hydrogen) atoms. The van der Waals surface area contributed by atoms with Crippen LogP contribution >= 0.6 is 0 Å². The lowest BCUT2D eigenvalue weighted by Gasteiger charge is -2.36. The molecule has 0 saturated carbocycles. The van der Waals surface area contributed by atoms with Crippen LogP contribution in [0.5, 0.6) is 11.5 Å². The summed E-state index contributed by atoms with van der Waals surface area (Å²) in [6.07, 6.45) is 1.01. The first-order valence-electron chi connectivity index (χ1n) is 10.2. The number of ether oxygens (including phenoxy) is 2. The van der Waals surface area contributed by atoms with Gasteiger partial charge in [0.25, 0.3) is 0 Å². The van der Waals surface area contributed by atoms with E-state index in [2.05, 4.69) is 5.32 Å². The van der Waals surface area contributed by atoms with Gasteiger partial charge in [-0.1, -0.05) is 24.3 Å². The van der Waals surface area contributed by atoms with Crippen LogP contribution in [0.4, 0.5) is 8.78 Å². The fraction of sp³-hybridized carbons (Fsp3) is 0.240. The number of halogens is 2. The van der Waals surface area contributed by atoms with E-state index in [4.69, 9.17) is 9.47 Å². The lowest BCUT2D eigenvalue weighted by molar-refractivity contribution is -0.130. The highest BCUT2D eigenvalue weighted by molar-refractivity contribution is 5.88. The molecule has 6 heteroatoms. The minimum Gasteiger partial charge on any atom is -0.457 e.